The highest BCUT2D eigenvalue weighted by Gasteiger charge is 2.19. The number of ether oxygens (including phenoxy) is 1. The molecular formula is C19H24N2O4S. The highest BCUT2D eigenvalue weighted by molar-refractivity contribution is 7.92. The molecule has 0 unspecified atom stereocenters. The molecule has 1 amide bonds. The van der Waals surface area contributed by atoms with E-state index in [2.05, 4.69) is 5.32 Å². The monoisotopic (exact) mass is 376 g/mol. The summed E-state index contributed by atoms with van der Waals surface area (Å²) in [7, 11) is -1.97. The highest BCUT2D eigenvalue weighted by Crippen LogP contribution is 2.23. The first-order valence-corrected chi connectivity index (χ1v) is 10.0. The number of aryl methyl sites for hydroxylation is 2. The van der Waals surface area contributed by atoms with Crippen molar-refractivity contribution in [3.05, 3.63) is 59.2 Å². The molecule has 6 nitrogen and oxygen atoms in total. The summed E-state index contributed by atoms with van der Waals surface area (Å²) >= 11 is 0. The number of hydrogen-bond acceptors (Lipinski definition) is 4. The van der Waals surface area contributed by atoms with Gasteiger partial charge in [0.2, 0.25) is 10.0 Å². The maximum absolute atomic E-state index is 12.3. The normalized spacial score (nSPS) is 11.1. The number of sulfonamides is 1. The van der Waals surface area contributed by atoms with Crippen LogP contribution in [0.2, 0.25) is 0 Å². The lowest BCUT2D eigenvalue weighted by molar-refractivity contribution is 0.0952. The number of benzene rings is 2. The smallest absolute Gasteiger partial charge is 0.255 e. The second-order valence-corrected chi connectivity index (χ2v) is 7.99. The van der Waals surface area contributed by atoms with Crippen molar-refractivity contribution < 1.29 is 17.9 Å². The van der Waals surface area contributed by atoms with E-state index in [1.165, 1.54) is 11.4 Å². The van der Waals surface area contributed by atoms with Crippen molar-refractivity contribution in [3.8, 4) is 5.75 Å². The molecule has 0 saturated carbocycles. The van der Waals surface area contributed by atoms with Gasteiger partial charge in [-0.1, -0.05) is 29.8 Å². The number of hydrogen-bond donors (Lipinski definition) is 1. The van der Waals surface area contributed by atoms with E-state index in [0.717, 1.165) is 17.4 Å². The average Bonchev–Trinajstić information content (AvgIpc) is 2.58. The van der Waals surface area contributed by atoms with Gasteiger partial charge in [-0.05, 0) is 37.6 Å². The second-order valence-electron chi connectivity index (χ2n) is 6.08. The van der Waals surface area contributed by atoms with Gasteiger partial charge in [-0.15, -0.1) is 0 Å². The summed E-state index contributed by atoms with van der Waals surface area (Å²) in [6.07, 6.45) is 1.16. The molecule has 0 aliphatic rings. The first kappa shape index (κ1) is 19.8. The van der Waals surface area contributed by atoms with Gasteiger partial charge < -0.3 is 10.1 Å². The van der Waals surface area contributed by atoms with E-state index in [1.54, 1.807) is 30.3 Å². The summed E-state index contributed by atoms with van der Waals surface area (Å²) < 4.78 is 30.9. The van der Waals surface area contributed by atoms with E-state index in [9.17, 15) is 13.2 Å². The zero-order valence-corrected chi connectivity index (χ0v) is 16.3. The van der Waals surface area contributed by atoms with Gasteiger partial charge in [0, 0.05) is 6.54 Å². The van der Waals surface area contributed by atoms with Gasteiger partial charge in [-0.3, -0.25) is 9.10 Å². The Morgan fingerprint density at radius 3 is 2.46 bits per heavy atom. The fourth-order valence-corrected chi connectivity index (χ4v) is 3.73. The lowest BCUT2D eigenvalue weighted by Gasteiger charge is -2.24. The van der Waals surface area contributed by atoms with Gasteiger partial charge in [-0.2, -0.15) is 0 Å². The maximum atomic E-state index is 12.3. The largest absolute Gasteiger partial charge is 0.496 e. The summed E-state index contributed by atoms with van der Waals surface area (Å²) in [5.74, 6) is 0.163. The Kier molecular flexibility index (Phi) is 6.26. The van der Waals surface area contributed by atoms with Crippen molar-refractivity contribution in [2.75, 3.05) is 30.8 Å². The fourth-order valence-electron chi connectivity index (χ4n) is 2.75. The molecule has 0 atom stereocenters. The van der Waals surface area contributed by atoms with Crippen LogP contribution in [0.1, 0.15) is 21.5 Å². The van der Waals surface area contributed by atoms with E-state index in [1.807, 2.05) is 26.0 Å². The van der Waals surface area contributed by atoms with Crippen LogP contribution in [0, 0.1) is 13.8 Å². The van der Waals surface area contributed by atoms with E-state index < -0.39 is 10.0 Å². The van der Waals surface area contributed by atoms with Gasteiger partial charge in [0.15, 0.2) is 0 Å². The van der Waals surface area contributed by atoms with E-state index in [-0.39, 0.29) is 19.0 Å². The van der Waals surface area contributed by atoms with Gasteiger partial charge in [-0.25, -0.2) is 8.42 Å². The molecule has 2 aromatic carbocycles. The maximum Gasteiger partial charge on any atom is 0.255 e. The van der Waals surface area contributed by atoms with Crippen molar-refractivity contribution in [1.82, 2.24) is 5.32 Å². The number of amides is 1. The number of methoxy groups -OCH3 is 1. The van der Waals surface area contributed by atoms with Gasteiger partial charge in [0.1, 0.15) is 5.75 Å². The number of rotatable bonds is 7. The molecule has 1 N–H and O–H groups in total. The SMILES string of the molecule is COc1ccccc1C(=O)NCCN(c1ccc(C)cc1C)S(C)(=O)=O. The standard InChI is InChI=1S/C19H24N2O4S/c1-14-9-10-17(15(2)13-14)21(26(4,23)24)12-11-20-19(22)16-7-5-6-8-18(16)25-3/h5-10,13H,11-12H2,1-4H3,(H,20,22). The minimum atomic E-state index is -3.47. The van der Waals surface area contributed by atoms with Gasteiger partial charge in [0.25, 0.3) is 5.91 Å². The Hall–Kier alpha value is -2.54. The first-order chi connectivity index (χ1) is 12.2. The molecule has 0 radical (unpaired) electrons. The van der Waals surface area contributed by atoms with Crippen LogP contribution < -0.4 is 14.4 Å². The zero-order chi connectivity index (χ0) is 19.3. The molecule has 0 bridgehead atoms. The molecule has 0 heterocycles. The molecule has 0 spiro atoms. The molecule has 140 valence electrons. The average molecular weight is 376 g/mol. The topological polar surface area (TPSA) is 75.7 Å². The number of carbonyl (C=O) groups is 1. The highest BCUT2D eigenvalue weighted by atomic mass is 32.2. The summed E-state index contributed by atoms with van der Waals surface area (Å²) in [6.45, 7) is 4.14. The van der Waals surface area contributed by atoms with E-state index in [4.69, 9.17) is 4.74 Å². The molecular weight excluding hydrogens is 352 g/mol. The third-order valence-electron chi connectivity index (χ3n) is 3.97. The van der Waals surface area contributed by atoms with E-state index in [0.29, 0.717) is 17.0 Å². The molecule has 0 aliphatic heterocycles. The van der Waals surface area contributed by atoms with Crippen LogP contribution in [0.3, 0.4) is 0 Å². The minimum Gasteiger partial charge on any atom is -0.496 e. The second kappa shape index (κ2) is 8.23. The minimum absolute atomic E-state index is 0.142. The van der Waals surface area contributed by atoms with Crippen molar-refractivity contribution in [3.63, 3.8) is 0 Å². The number of nitrogens with one attached hydrogen (secondary N) is 1. The molecule has 2 aromatic rings. The van der Waals surface area contributed by atoms with Gasteiger partial charge in [0.05, 0.1) is 31.2 Å². The summed E-state index contributed by atoms with van der Waals surface area (Å²) in [6, 6.07) is 12.5. The summed E-state index contributed by atoms with van der Waals surface area (Å²) in [5, 5.41) is 2.75. The number of anilines is 1. The Labute approximate surface area is 154 Å². The van der Waals surface area contributed by atoms with Crippen LogP contribution >= 0.6 is 0 Å². The Morgan fingerprint density at radius 2 is 1.85 bits per heavy atom. The van der Waals surface area contributed by atoms with Crippen molar-refractivity contribution in [1.29, 1.82) is 0 Å². The van der Waals surface area contributed by atoms with Crippen LogP contribution in [0.5, 0.6) is 5.75 Å². The fraction of sp³-hybridized carbons (Fsp3) is 0.316. The molecule has 0 aliphatic carbocycles. The molecule has 0 fully saturated rings. The molecule has 26 heavy (non-hydrogen) atoms. The lowest BCUT2D eigenvalue weighted by Crippen LogP contribution is -2.38. The summed E-state index contributed by atoms with van der Waals surface area (Å²) in [5.41, 5.74) is 2.95. The quantitative estimate of drug-likeness (QED) is 0.806. The third-order valence-corrected chi connectivity index (χ3v) is 5.15. The van der Waals surface area contributed by atoms with Gasteiger partial charge >= 0.3 is 0 Å². The third kappa shape index (κ3) is 4.76. The van der Waals surface area contributed by atoms with E-state index >= 15 is 0 Å². The molecule has 7 heteroatoms. The van der Waals surface area contributed by atoms with Crippen LogP contribution in [-0.2, 0) is 10.0 Å². The number of nitrogens with zero attached hydrogens (tertiary/aromatic N) is 1. The van der Waals surface area contributed by atoms with Crippen molar-refractivity contribution in [2.45, 2.75) is 13.8 Å². The Morgan fingerprint density at radius 1 is 1.15 bits per heavy atom. The van der Waals surface area contributed by atoms with Crippen molar-refractivity contribution >= 4 is 21.6 Å². The van der Waals surface area contributed by atoms with Crippen molar-refractivity contribution in [2.24, 2.45) is 0 Å². The predicted molar refractivity (Wildman–Crippen MR) is 103 cm³/mol. The zero-order valence-electron chi connectivity index (χ0n) is 15.4. The molecule has 0 aromatic heterocycles. The van der Waals surface area contributed by atoms with Crippen LogP contribution in [-0.4, -0.2) is 40.8 Å². The predicted octanol–water partition coefficient (Wildman–Crippen LogP) is 2.51. The lowest BCUT2D eigenvalue weighted by atomic mass is 10.1. The van der Waals surface area contributed by atoms with Crippen LogP contribution in [0.4, 0.5) is 5.69 Å². The molecule has 2 rings (SSSR count). The number of carbonyl (C=O) groups excluding carboxylic acids is 1. The Bertz CT molecular complexity index is 894. The number of para-hydroxylation sites is 1. The summed E-state index contributed by atoms with van der Waals surface area (Å²) in [4.78, 5) is 12.3. The first-order valence-electron chi connectivity index (χ1n) is 8.20. The van der Waals surface area contributed by atoms with Crippen LogP contribution in [0.15, 0.2) is 42.5 Å². The Balaban J connectivity index is 2.12. The molecule has 0 saturated heterocycles. The van der Waals surface area contributed by atoms with Crippen LogP contribution in [0.25, 0.3) is 0 Å².